The average molecular weight is 377 g/mol. The molecule has 1 aliphatic carbocycles. The Bertz CT molecular complexity index is 1020. The summed E-state index contributed by atoms with van der Waals surface area (Å²) >= 11 is 0. The van der Waals surface area contributed by atoms with E-state index in [-0.39, 0.29) is 30.2 Å². The Morgan fingerprint density at radius 1 is 1.25 bits per heavy atom. The lowest BCUT2D eigenvalue weighted by atomic mass is 9.91. The van der Waals surface area contributed by atoms with Crippen molar-refractivity contribution in [1.29, 1.82) is 0 Å². The number of H-pyrrole nitrogens is 1. The Labute approximate surface area is 162 Å². The third-order valence-electron chi connectivity index (χ3n) is 5.94. The van der Waals surface area contributed by atoms with Crippen molar-refractivity contribution in [2.24, 2.45) is 5.92 Å². The number of carbonyl (C=O) groups excluding carboxylic acids is 2. The number of rotatable bonds is 4. The van der Waals surface area contributed by atoms with Crippen LogP contribution in [0.15, 0.2) is 47.1 Å². The van der Waals surface area contributed by atoms with Gasteiger partial charge in [0.25, 0.3) is 0 Å². The number of aryl methyl sites for hydroxylation is 1. The van der Waals surface area contributed by atoms with Crippen molar-refractivity contribution in [3.05, 3.63) is 59.7 Å². The summed E-state index contributed by atoms with van der Waals surface area (Å²) in [5.41, 5.74) is 3.56. The number of hydrogen-bond donors (Lipinski definition) is 2. The summed E-state index contributed by atoms with van der Waals surface area (Å²) in [6.07, 6.45) is 4.86. The summed E-state index contributed by atoms with van der Waals surface area (Å²) in [5.74, 6) is 0.403. The number of fused-ring (bicyclic) bond motifs is 3. The fourth-order valence-electron chi connectivity index (χ4n) is 4.54. The first-order valence-electron chi connectivity index (χ1n) is 9.89. The van der Waals surface area contributed by atoms with Gasteiger partial charge < -0.3 is 19.6 Å². The molecule has 0 bridgehead atoms. The standard InChI is InChI=1S/C22H23N3O3/c26-20-11-14(12-25(20)13-15-5-4-10-28-15)22(27)24-19-9-3-7-17-16-6-1-2-8-18(16)23-21(17)19/h1-2,4-6,8,10,14,19,23H,3,7,9,11-13H2,(H,24,27). The summed E-state index contributed by atoms with van der Waals surface area (Å²) in [6.45, 7) is 0.864. The van der Waals surface area contributed by atoms with E-state index >= 15 is 0 Å². The lowest BCUT2D eigenvalue weighted by Crippen LogP contribution is -2.36. The number of hydrogen-bond acceptors (Lipinski definition) is 3. The van der Waals surface area contributed by atoms with Crippen LogP contribution in [0.2, 0.25) is 0 Å². The quantitative estimate of drug-likeness (QED) is 0.732. The van der Waals surface area contributed by atoms with Crippen LogP contribution >= 0.6 is 0 Å². The Morgan fingerprint density at radius 2 is 2.14 bits per heavy atom. The van der Waals surface area contributed by atoms with Crippen molar-refractivity contribution in [2.75, 3.05) is 6.54 Å². The van der Waals surface area contributed by atoms with E-state index in [0.29, 0.717) is 13.1 Å². The molecule has 3 heterocycles. The molecule has 2 atom stereocenters. The van der Waals surface area contributed by atoms with E-state index < -0.39 is 0 Å². The number of nitrogens with one attached hydrogen (secondary N) is 2. The van der Waals surface area contributed by atoms with Crippen LogP contribution in [-0.4, -0.2) is 28.2 Å². The van der Waals surface area contributed by atoms with Gasteiger partial charge in [0.15, 0.2) is 0 Å². The van der Waals surface area contributed by atoms with Crippen molar-refractivity contribution < 1.29 is 14.0 Å². The van der Waals surface area contributed by atoms with E-state index in [9.17, 15) is 9.59 Å². The van der Waals surface area contributed by atoms with Crippen LogP contribution < -0.4 is 5.32 Å². The number of para-hydroxylation sites is 1. The van der Waals surface area contributed by atoms with Gasteiger partial charge in [-0.15, -0.1) is 0 Å². The molecule has 1 fully saturated rings. The molecule has 3 aromatic rings. The smallest absolute Gasteiger partial charge is 0.225 e. The van der Waals surface area contributed by atoms with Gasteiger partial charge in [0.05, 0.1) is 24.8 Å². The molecular formula is C22H23N3O3. The number of carbonyl (C=O) groups is 2. The topological polar surface area (TPSA) is 78.3 Å². The molecule has 28 heavy (non-hydrogen) atoms. The van der Waals surface area contributed by atoms with Crippen molar-refractivity contribution in [2.45, 2.75) is 38.3 Å². The average Bonchev–Trinajstić information content (AvgIpc) is 3.42. The zero-order chi connectivity index (χ0) is 19.1. The minimum atomic E-state index is -0.308. The van der Waals surface area contributed by atoms with Crippen molar-refractivity contribution >= 4 is 22.7 Å². The molecule has 2 aliphatic rings. The predicted octanol–water partition coefficient (Wildman–Crippen LogP) is 3.30. The number of amides is 2. The monoisotopic (exact) mass is 377 g/mol. The third-order valence-corrected chi connectivity index (χ3v) is 5.94. The molecule has 0 radical (unpaired) electrons. The number of aromatic nitrogens is 1. The predicted molar refractivity (Wildman–Crippen MR) is 104 cm³/mol. The van der Waals surface area contributed by atoms with E-state index in [4.69, 9.17) is 4.42 Å². The summed E-state index contributed by atoms with van der Waals surface area (Å²) in [4.78, 5) is 30.4. The third kappa shape index (κ3) is 2.99. The van der Waals surface area contributed by atoms with Gasteiger partial charge >= 0.3 is 0 Å². The van der Waals surface area contributed by atoms with Crippen LogP contribution in [0.1, 0.15) is 42.3 Å². The summed E-state index contributed by atoms with van der Waals surface area (Å²) in [6, 6.07) is 11.9. The van der Waals surface area contributed by atoms with Gasteiger partial charge in [0.2, 0.25) is 11.8 Å². The molecule has 1 saturated heterocycles. The molecule has 5 rings (SSSR count). The maximum Gasteiger partial charge on any atom is 0.225 e. The van der Waals surface area contributed by atoms with E-state index in [1.165, 1.54) is 10.9 Å². The van der Waals surface area contributed by atoms with Gasteiger partial charge in [0.1, 0.15) is 5.76 Å². The van der Waals surface area contributed by atoms with E-state index in [1.54, 1.807) is 17.2 Å². The van der Waals surface area contributed by atoms with Crippen molar-refractivity contribution in [1.82, 2.24) is 15.2 Å². The highest BCUT2D eigenvalue weighted by Crippen LogP contribution is 2.35. The number of benzene rings is 1. The second kappa shape index (κ2) is 6.86. The second-order valence-electron chi connectivity index (χ2n) is 7.77. The van der Waals surface area contributed by atoms with Crippen molar-refractivity contribution in [3.63, 3.8) is 0 Å². The maximum absolute atomic E-state index is 12.9. The van der Waals surface area contributed by atoms with Gasteiger partial charge in [-0.1, -0.05) is 18.2 Å². The van der Waals surface area contributed by atoms with Gasteiger partial charge in [-0.05, 0) is 43.0 Å². The molecule has 0 saturated carbocycles. The van der Waals surface area contributed by atoms with Crippen LogP contribution in [0.5, 0.6) is 0 Å². The first-order valence-corrected chi connectivity index (χ1v) is 9.89. The van der Waals surface area contributed by atoms with Gasteiger partial charge in [0, 0.05) is 29.6 Å². The SMILES string of the molecule is O=C(NC1CCCc2c1[nH]c1ccccc21)C1CC(=O)N(Cc2ccco2)C1. The summed E-state index contributed by atoms with van der Waals surface area (Å²) < 4.78 is 5.33. The van der Waals surface area contributed by atoms with E-state index in [2.05, 4.69) is 28.5 Å². The highest BCUT2D eigenvalue weighted by atomic mass is 16.3. The fraction of sp³-hybridized carbons (Fsp3) is 0.364. The first-order chi connectivity index (χ1) is 13.7. The van der Waals surface area contributed by atoms with E-state index in [0.717, 1.165) is 36.2 Å². The van der Waals surface area contributed by atoms with Crippen LogP contribution in [-0.2, 0) is 22.6 Å². The highest BCUT2D eigenvalue weighted by Gasteiger charge is 2.36. The first kappa shape index (κ1) is 17.1. The second-order valence-corrected chi connectivity index (χ2v) is 7.77. The van der Waals surface area contributed by atoms with Gasteiger partial charge in [-0.2, -0.15) is 0 Å². The molecule has 2 unspecified atom stereocenters. The van der Waals surface area contributed by atoms with Gasteiger partial charge in [-0.3, -0.25) is 9.59 Å². The van der Waals surface area contributed by atoms with Crippen LogP contribution in [0.3, 0.4) is 0 Å². The minimum absolute atomic E-state index is 0.00601. The molecular weight excluding hydrogens is 354 g/mol. The molecule has 0 spiro atoms. The lowest BCUT2D eigenvalue weighted by molar-refractivity contribution is -0.129. The molecule has 144 valence electrons. The molecule has 6 nitrogen and oxygen atoms in total. The molecule has 1 aliphatic heterocycles. The molecule has 2 aromatic heterocycles. The largest absolute Gasteiger partial charge is 0.467 e. The van der Waals surface area contributed by atoms with E-state index in [1.807, 2.05) is 12.1 Å². The van der Waals surface area contributed by atoms with Crippen molar-refractivity contribution in [3.8, 4) is 0 Å². The minimum Gasteiger partial charge on any atom is -0.467 e. The summed E-state index contributed by atoms with van der Waals surface area (Å²) in [5, 5.41) is 4.45. The zero-order valence-corrected chi connectivity index (χ0v) is 15.6. The number of furan rings is 1. The molecule has 2 amide bonds. The van der Waals surface area contributed by atoms with Crippen LogP contribution in [0.25, 0.3) is 10.9 Å². The molecule has 2 N–H and O–H groups in total. The number of likely N-dealkylation sites (tertiary alicyclic amines) is 1. The molecule has 6 heteroatoms. The Balaban J connectivity index is 1.30. The Hall–Kier alpha value is -3.02. The van der Waals surface area contributed by atoms with Crippen LogP contribution in [0.4, 0.5) is 0 Å². The Morgan fingerprint density at radius 3 is 3.00 bits per heavy atom. The highest BCUT2D eigenvalue weighted by molar-refractivity contribution is 5.90. The fourth-order valence-corrected chi connectivity index (χ4v) is 4.54. The molecule has 1 aromatic carbocycles. The van der Waals surface area contributed by atoms with Crippen LogP contribution in [0, 0.1) is 5.92 Å². The number of nitrogens with zero attached hydrogens (tertiary/aromatic N) is 1. The number of aromatic amines is 1. The zero-order valence-electron chi connectivity index (χ0n) is 15.6. The normalized spacial score (nSPS) is 21.9. The Kier molecular flexibility index (Phi) is 4.19. The summed E-state index contributed by atoms with van der Waals surface area (Å²) in [7, 11) is 0. The van der Waals surface area contributed by atoms with Gasteiger partial charge in [-0.25, -0.2) is 0 Å². The maximum atomic E-state index is 12.9. The lowest BCUT2D eigenvalue weighted by Gasteiger charge is -2.25.